The summed E-state index contributed by atoms with van der Waals surface area (Å²) in [6.45, 7) is 4.14. The second-order valence-electron chi connectivity index (χ2n) is 9.19. The van der Waals surface area contributed by atoms with Crippen molar-refractivity contribution in [3.05, 3.63) is 78.4 Å². The lowest BCUT2D eigenvalue weighted by Gasteiger charge is -2.30. The molecule has 0 saturated carbocycles. The van der Waals surface area contributed by atoms with E-state index in [0.717, 1.165) is 16.8 Å². The van der Waals surface area contributed by atoms with Gasteiger partial charge in [-0.15, -0.1) is 10.2 Å². The van der Waals surface area contributed by atoms with E-state index in [1.54, 1.807) is 17.2 Å². The maximum atomic E-state index is 13.1. The Morgan fingerprint density at radius 2 is 1.68 bits per heavy atom. The minimum absolute atomic E-state index is 0.113. The van der Waals surface area contributed by atoms with Gasteiger partial charge >= 0.3 is 6.09 Å². The lowest BCUT2D eigenvalue weighted by Crippen LogP contribution is -2.56. The Bertz CT molecular complexity index is 1110. The van der Waals surface area contributed by atoms with Crippen LogP contribution in [0.4, 0.5) is 4.79 Å². The molecule has 2 amide bonds. The monoisotopic (exact) mass is 509 g/mol. The number of carbonyl (C=O) groups excluding carboxylic acids is 2. The molecule has 2 aromatic carbocycles. The van der Waals surface area contributed by atoms with E-state index >= 15 is 0 Å². The lowest BCUT2D eigenvalue weighted by atomic mass is 9.98. The van der Waals surface area contributed by atoms with Crippen molar-refractivity contribution >= 4 is 12.0 Å². The van der Waals surface area contributed by atoms with Gasteiger partial charge in [0.1, 0.15) is 18.7 Å². The summed E-state index contributed by atoms with van der Waals surface area (Å²) in [5.74, 6) is 5.65. The molecule has 0 aliphatic rings. The Morgan fingerprint density at radius 1 is 1.03 bits per heavy atom. The van der Waals surface area contributed by atoms with Gasteiger partial charge in [0.15, 0.2) is 0 Å². The van der Waals surface area contributed by atoms with E-state index < -0.39 is 30.2 Å². The molecule has 3 aromatic rings. The van der Waals surface area contributed by atoms with Crippen LogP contribution in [0.3, 0.4) is 0 Å². The number of nitrogens with one attached hydrogen (secondary N) is 2. The first-order chi connectivity index (χ1) is 17.8. The topological polar surface area (TPSA) is 148 Å². The molecule has 37 heavy (non-hydrogen) atoms. The average molecular weight is 510 g/mol. The number of aliphatic hydroxyl groups excluding tert-OH is 1. The SMILES string of the molecule is COC(=O)N[C@H](C(=O)N[C@@H](Cc1ccccc1)[C@@H](O)CN(N)Cc1ccc(-n2cnnc2)cc1)C(C)C. The molecule has 11 nitrogen and oxygen atoms in total. The molecule has 0 radical (unpaired) electrons. The number of methoxy groups -OCH3 is 1. The van der Waals surface area contributed by atoms with Crippen LogP contribution in [-0.2, 0) is 22.5 Å². The van der Waals surface area contributed by atoms with Gasteiger partial charge in [-0.1, -0.05) is 56.3 Å². The smallest absolute Gasteiger partial charge is 0.407 e. The summed E-state index contributed by atoms with van der Waals surface area (Å²) in [5, 5.41) is 25.7. The van der Waals surface area contributed by atoms with Crippen LogP contribution in [0.15, 0.2) is 67.3 Å². The largest absolute Gasteiger partial charge is 0.453 e. The zero-order valence-electron chi connectivity index (χ0n) is 21.3. The van der Waals surface area contributed by atoms with Crippen LogP contribution in [-0.4, -0.2) is 68.7 Å². The number of carbonyl (C=O) groups is 2. The highest BCUT2D eigenvalue weighted by atomic mass is 16.5. The summed E-state index contributed by atoms with van der Waals surface area (Å²) in [6, 6.07) is 15.8. The highest BCUT2D eigenvalue weighted by Gasteiger charge is 2.30. The number of aromatic nitrogens is 3. The summed E-state index contributed by atoms with van der Waals surface area (Å²) in [6.07, 6.45) is 1.95. The molecule has 0 spiro atoms. The fraction of sp³-hybridized carbons (Fsp3) is 0.385. The van der Waals surface area contributed by atoms with Crippen molar-refractivity contribution in [2.45, 2.75) is 45.0 Å². The van der Waals surface area contributed by atoms with Crippen LogP contribution >= 0.6 is 0 Å². The number of alkyl carbamates (subject to hydrolysis) is 1. The van der Waals surface area contributed by atoms with Crippen LogP contribution in [0.1, 0.15) is 25.0 Å². The van der Waals surface area contributed by atoms with Gasteiger partial charge in [0, 0.05) is 18.8 Å². The number of hydrazine groups is 1. The van der Waals surface area contributed by atoms with Gasteiger partial charge in [0.25, 0.3) is 0 Å². The zero-order chi connectivity index (χ0) is 26.8. The second kappa shape index (κ2) is 13.5. The molecule has 0 unspecified atom stereocenters. The predicted octanol–water partition coefficient (Wildman–Crippen LogP) is 1.41. The minimum atomic E-state index is -0.976. The van der Waals surface area contributed by atoms with E-state index in [9.17, 15) is 14.7 Å². The molecule has 11 heteroatoms. The number of ether oxygens (including phenoxy) is 1. The number of hydrogen-bond acceptors (Lipinski definition) is 8. The Morgan fingerprint density at radius 3 is 2.27 bits per heavy atom. The maximum absolute atomic E-state index is 13.1. The third kappa shape index (κ3) is 8.38. The van der Waals surface area contributed by atoms with E-state index in [-0.39, 0.29) is 12.5 Å². The molecule has 5 N–H and O–H groups in total. The molecular formula is C26H35N7O4. The van der Waals surface area contributed by atoms with Gasteiger partial charge in [-0.2, -0.15) is 0 Å². The van der Waals surface area contributed by atoms with Crippen molar-refractivity contribution in [3.8, 4) is 5.69 Å². The quantitative estimate of drug-likeness (QED) is 0.212. The number of aliphatic hydroxyl groups is 1. The predicted molar refractivity (Wildman–Crippen MR) is 138 cm³/mol. The number of hydrogen-bond donors (Lipinski definition) is 4. The fourth-order valence-corrected chi connectivity index (χ4v) is 3.92. The van der Waals surface area contributed by atoms with Crippen LogP contribution in [0.2, 0.25) is 0 Å². The first-order valence-electron chi connectivity index (χ1n) is 12.1. The van der Waals surface area contributed by atoms with E-state index in [0.29, 0.717) is 13.0 Å². The van der Waals surface area contributed by atoms with Gasteiger partial charge in [0.05, 0.1) is 19.3 Å². The second-order valence-corrected chi connectivity index (χ2v) is 9.19. The van der Waals surface area contributed by atoms with Gasteiger partial charge in [-0.05, 0) is 35.6 Å². The molecular weight excluding hydrogens is 474 g/mol. The van der Waals surface area contributed by atoms with Gasteiger partial charge in [-0.25, -0.2) is 9.80 Å². The minimum Gasteiger partial charge on any atom is -0.453 e. The van der Waals surface area contributed by atoms with Crippen molar-refractivity contribution in [2.24, 2.45) is 11.8 Å². The Balaban J connectivity index is 1.67. The van der Waals surface area contributed by atoms with E-state index in [4.69, 9.17) is 5.84 Å². The molecule has 3 rings (SSSR count). The van der Waals surface area contributed by atoms with Gasteiger partial charge in [-0.3, -0.25) is 15.2 Å². The van der Waals surface area contributed by atoms with Crippen molar-refractivity contribution in [3.63, 3.8) is 0 Å². The van der Waals surface area contributed by atoms with Gasteiger partial charge < -0.3 is 20.5 Å². The van der Waals surface area contributed by atoms with Gasteiger partial charge in [0.2, 0.25) is 5.91 Å². The van der Waals surface area contributed by atoms with E-state index in [1.165, 1.54) is 12.1 Å². The summed E-state index contributed by atoms with van der Waals surface area (Å²) in [4.78, 5) is 24.9. The van der Waals surface area contributed by atoms with Crippen molar-refractivity contribution < 1.29 is 19.4 Å². The molecule has 1 heterocycles. The van der Waals surface area contributed by atoms with Crippen LogP contribution in [0, 0.1) is 5.92 Å². The summed E-state index contributed by atoms with van der Waals surface area (Å²) >= 11 is 0. The summed E-state index contributed by atoms with van der Waals surface area (Å²) in [7, 11) is 1.24. The highest BCUT2D eigenvalue weighted by molar-refractivity contribution is 5.86. The van der Waals surface area contributed by atoms with Crippen molar-refractivity contribution in [1.82, 2.24) is 30.4 Å². The molecule has 0 fully saturated rings. The molecule has 0 aliphatic carbocycles. The molecule has 0 aliphatic heterocycles. The van der Waals surface area contributed by atoms with Crippen molar-refractivity contribution in [1.29, 1.82) is 0 Å². The third-order valence-corrected chi connectivity index (χ3v) is 5.96. The van der Waals surface area contributed by atoms with Crippen LogP contribution < -0.4 is 16.5 Å². The Hall–Kier alpha value is -3.80. The number of amides is 2. The van der Waals surface area contributed by atoms with E-state index in [2.05, 4.69) is 25.6 Å². The van der Waals surface area contributed by atoms with Crippen LogP contribution in [0.5, 0.6) is 0 Å². The lowest BCUT2D eigenvalue weighted by molar-refractivity contribution is -0.125. The molecule has 3 atom stereocenters. The first kappa shape index (κ1) is 27.8. The molecule has 1 aromatic heterocycles. The maximum Gasteiger partial charge on any atom is 0.407 e. The Labute approximate surface area is 216 Å². The summed E-state index contributed by atoms with van der Waals surface area (Å²) in [5.41, 5.74) is 2.82. The Kier molecular flexibility index (Phi) is 10.1. The van der Waals surface area contributed by atoms with Crippen molar-refractivity contribution in [2.75, 3.05) is 13.7 Å². The number of rotatable bonds is 12. The van der Waals surface area contributed by atoms with Crippen LogP contribution in [0.25, 0.3) is 5.69 Å². The zero-order valence-corrected chi connectivity index (χ0v) is 21.3. The number of nitrogens with zero attached hydrogens (tertiary/aromatic N) is 4. The molecule has 0 bridgehead atoms. The standard InChI is InChI=1S/C26H35N7O4/c1-18(2)24(31-26(36)37-3)25(35)30-22(13-19-7-5-4-6-8-19)23(34)15-33(27)14-20-9-11-21(12-10-20)32-16-28-29-17-32/h4-12,16-18,22-24,34H,13-15,27H2,1-3H3,(H,30,35)(H,31,36)/t22-,23-,24-/m0/s1. The first-order valence-corrected chi connectivity index (χ1v) is 12.1. The normalized spacial score (nSPS) is 13.7. The molecule has 0 saturated heterocycles. The highest BCUT2D eigenvalue weighted by Crippen LogP contribution is 2.13. The fourth-order valence-electron chi connectivity index (χ4n) is 3.92. The third-order valence-electron chi connectivity index (χ3n) is 5.96. The number of nitrogens with two attached hydrogens (primary N) is 1. The van der Waals surface area contributed by atoms with E-state index in [1.807, 2.05) is 68.4 Å². The summed E-state index contributed by atoms with van der Waals surface area (Å²) < 4.78 is 6.45. The molecule has 198 valence electrons. The number of benzene rings is 2. The average Bonchev–Trinajstić information content (AvgIpc) is 3.42.